The van der Waals surface area contributed by atoms with Crippen molar-refractivity contribution in [1.82, 2.24) is 10.2 Å². The summed E-state index contributed by atoms with van der Waals surface area (Å²) in [5.41, 5.74) is 10.6. The van der Waals surface area contributed by atoms with Crippen LogP contribution in [0.5, 0.6) is 0 Å². The van der Waals surface area contributed by atoms with E-state index in [9.17, 15) is 4.79 Å². The maximum atomic E-state index is 12.6. The van der Waals surface area contributed by atoms with E-state index in [1.165, 1.54) is 0 Å². The smallest absolute Gasteiger partial charge is 0.225 e. The lowest BCUT2D eigenvalue weighted by Crippen LogP contribution is -2.28. The van der Waals surface area contributed by atoms with Gasteiger partial charge in [0.15, 0.2) is 5.82 Å². The highest BCUT2D eigenvalue weighted by molar-refractivity contribution is 5.91. The molecule has 0 unspecified atom stereocenters. The Bertz CT molecular complexity index is 1050. The number of nitrogens with one attached hydrogen (secondary N) is 1. The molecule has 0 spiro atoms. The quantitative estimate of drug-likeness (QED) is 0.526. The molecule has 1 aromatic heterocycles. The first-order valence-electron chi connectivity index (χ1n) is 11.3. The van der Waals surface area contributed by atoms with Gasteiger partial charge in [0.05, 0.1) is 0 Å². The second-order valence-corrected chi connectivity index (χ2v) is 9.22. The number of aromatic nitrogens is 2. The number of anilines is 1. The van der Waals surface area contributed by atoms with E-state index in [1.807, 2.05) is 74.5 Å². The SMILES string of the molecule is CC(C)(N)c1ccc(-c2nnc(NC(=O)CC3CC[CH]CC3)cc2-c2ccccc2)cc1. The molecule has 1 radical (unpaired) electrons. The molecular weight excluding hydrogens is 396 g/mol. The molecule has 1 saturated carbocycles. The summed E-state index contributed by atoms with van der Waals surface area (Å²) in [6.07, 6.45) is 7.22. The molecule has 4 rings (SSSR count). The molecule has 3 aromatic rings. The van der Waals surface area contributed by atoms with Gasteiger partial charge >= 0.3 is 0 Å². The van der Waals surface area contributed by atoms with Crippen LogP contribution < -0.4 is 11.1 Å². The topological polar surface area (TPSA) is 80.9 Å². The van der Waals surface area contributed by atoms with Crippen LogP contribution in [-0.2, 0) is 10.3 Å². The van der Waals surface area contributed by atoms with Gasteiger partial charge in [-0.05, 0) is 69.1 Å². The number of hydrogen-bond donors (Lipinski definition) is 2. The molecule has 1 fully saturated rings. The molecule has 1 aliphatic carbocycles. The van der Waals surface area contributed by atoms with Crippen molar-refractivity contribution >= 4 is 11.7 Å². The van der Waals surface area contributed by atoms with Crippen LogP contribution in [0.4, 0.5) is 5.82 Å². The van der Waals surface area contributed by atoms with Crippen molar-refractivity contribution in [3.63, 3.8) is 0 Å². The van der Waals surface area contributed by atoms with Gasteiger partial charge in [-0.1, -0.05) is 54.6 Å². The van der Waals surface area contributed by atoms with Crippen LogP contribution in [-0.4, -0.2) is 16.1 Å². The molecule has 1 amide bonds. The van der Waals surface area contributed by atoms with Crippen LogP contribution in [0.3, 0.4) is 0 Å². The van der Waals surface area contributed by atoms with E-state index >= 15 is 0 Å². The van der Waals surface area contributed by atoms with Crippen molar-refractivity contribution < 1.29 is 4.79 Å². The highest BCUT2D eigenvalue weighted by Gasteiger charge is 2.19. The average molecular weight is 428 g/mol. The molecule has 0 saturated heterocycles. The van der Waals surface area contributed by atoms with Crippen LogP contribution >= 0.6 is 0 Å². The predicted molar refractivity (Wildman–Crippen MR) is 130 cm³/mol. The molecule has 0 atom stereocenters. The van der Waals surface area contributed by atoms with Crippen LogP contribution in [0.25, 0.3) is 22.4 Å². The summed E-state index contributed by atoms with van der Waals surface area (Å²) in [6.45, 7) is 3.97. The van der Waals surface area contributed by atoms with Gasteiger partial charge in [0.2, 0.25) is 5.91 Å². The summed E-state index contributed by atoms with van der Waals surface area (Å²) < 4.78 is 0. The van der Waals surface area contributed by atoms with Gasteiger partial charge in [0, 0.05) is 23.1 Å². The third-order valence-electron chi connectivity index (χ3n) is 6.08. The van der Waals surface area contributed by atoms with Gasteiger partial charge in [0.1, 0.15) is 5.69 Å². The van der Waals surface area contributed by atoms with Gasteiger partial charge in [-0.2, -0.15) is 0 Å². The van der Waals surface area contributed by atoms with Crippen LogP contribution in [0.1, 0.15) is 51.5 Å². The summed E-state index contributed by atoms with van der Waals surface area (Å²) >= 11 is 0. The van der Waals surface area contributed by atoms with E-state index in [2.05, 4.69) is 21.9 Å². The summed E-state index contributed by atoms with van der Waals surface area (Å²) in [5, 5.41) is 11.8. The minimum atomic E-state index is -0.406. The maximum absolute atomic E-state index is 12.6. The Morgan fingerprint density at radius 2 is 1.69 bits per heavy atom. The van der Waals surface area contributed by atoms with Gasteiger partial charge in [-0.3, -0.25) is 4.79 Å². The summed E-state index contributed by atoms with van der Waals surface area (Å²) in [4.78, 5) is 12.6. The van der Waals surface area contributed by atoms with Crippen LogP contribution in [0, 0.1) is 12.3 Å². The Morgan fingerprint density at radius 1 is 1.00 bits per heavy atom. The highest BCUT2D eigenvalue weighted by Crippen LogP contribution is 2.33. The number of nitrogens with zero attached hydrogens (tertiary/aromatic N) is 2. The molecule has 3 N–H and O–H groups in total. The lowest BCUT2D eigenvalue weighted by atomic mass is 9.87. The monoisotopic (exact) mass is 427 g/mol. The molecular formula is C27H31N4O. The van der Waals surface area contributed by atoms with Gasteiger partial charge in [-0.25, -0.2) is 0 Å². The van der Waals surface area contributed by atoms with Crippen LogP contribution in [0.2, 0.25) is 0 Å². The number of carbonyl (C=O) groups excluding carboxylic acids is 1. The molecule has 5 heteroatoms. The number of hydrogen-bond acceptors (Lipinski definition) is 4. The molecule has 1 aliphatic rings. The fourth-order valence-electron chi connectivity index (χ4n) is 4.22. The number of nitrogens with two attached hydrogens (primary N) is 1. The van der Waals surface area contributed by atoms with E-state index in [0.29, 0.717) is 18.2 Å². The Balaban J connectivity index is 1.62. The first kappa shape index (κ1) is 22.2. The largest absolute Gasteiger partial charge is 0.322 e. The van der Waals surface area contributed by atoms with Gasteiger partial charge in [0.25, 0.3) is 0 Å². The van der Waals surface area contributed by atoms with E-state index in [1.54, 1.807) is 0 Å². The predicted octanol–water partition coefficient (Wildman–Crippen LogP) is 5.73. The first-order chi connectivity index (χ1) is 15.4. The lowest BCUT2D eigenvalue weighted by molar-refractivity contribution is -0.117. The number of benzene rings is 2. The Hall–Kier alpha value is -3.05. The van der Waals surface area contributed by atoms with Crippen molar-refractivity contribution in [1.29, 1.82) is 0 Å². The molecule has 32 heavy (non-hydrogen) atoms. The molecule has 5 nitrogen and oxygen atoms in total. The molecule has 1 heterocycles. The minimum absolute atomic E-state index is 0.00694. The summed E-state index contributed by atoms with van der Waals surface area (Å²) in [7, 11) is 0. The molecule has 0 bridgehead atoms. The lowest BCUT2D eigenvalue weighted by Gasteiger charge is -2.20. The van der Waals surface area contributed by atoms with Crippen molar-refractivity contribution in [3.05, 3.63) is 72.6 Å². The minimum Gasteiger partial charge on any atom is -0.322 e. The second-order valence-electron chi connectivity index (χ2n) is 9.22. The van der Waals surface area contributed by atoms with Crippen LogP contribution in [0.15, 0.2) is 60.7 Å². The van der Waals surface area contributed by atoms with Crippen molar-refractivity contribution in [2.75, 3.05) is 5.32 Å². The average Bonchev–Trinajstić information content (AvgIpc) is 2.80. The van der Waals surface area contributed by atoms with Crippen molar-refractivity contribution in [2.24, 2.45) is 11.7 Å². The zero-order valence-corrected chi connectivity index (χ0v) is 18.8. The Morgan fingerprint density at radius 3 is 2.34 bits per heavy atom. The maximum Gasteiger partial charge on any atom is 0.225 e. The summed E-state index contributed by atoms with van der Waals surface area (Å²) in [6, 6.07) is 20.1. The second kappa shape index (κ2) is 9.61. The van der Waals surface area contributed by atoms with Crippen molar-refractivity contribution in [3.8, 4) is 22.4 Å². The van der Waals surface area contributed by atoms with Gasteiger partial charge < -0.3 is 11.1 Å². The highest BCUT2D eigenvalue weighted by atomic mass is 16.1. The zero-order valence-electron chi connectivity index (χ0n) is 18.8. The normalized spacial score (nSPS) is 14.8. The number of carbonyl (C=O) groups is 1. The van der Waals surface area contributed by atoms with E-state index < -0.39 is 5.54 Å². The van der Waals surface area contributed by atoms with Crippen molar-refractivity contribution in [2.45, 2.75) is 51.5 Å². The standard InChI is InChI=1S/C27H31N4O/c1-27(2,28)22-15-13-21(14-16-22)26-23(20-11-7-4-8-12-20)18-24(30-31-26)29-25(32)17-19-9-5-3-6-10-19/h3-4,7-8,11-16,18-19H,5-6,9-10,17,28H2,1-2H3,(H,29,30,32). The number of amides is 1. The fourth-order valence-corrected chi connectivity index (χ4v) is 4.22. The first-order valence-corrected chi connectivity index (χ1v) is 11.3. The van der Waals surface area contributed by atoms with E-state index in [4.69, 9.17) is 5.73 Å². The fraction of sp³-hybridized carbons (Fsp3) is 0.333. The zero-order chi connectivity index (χ0) is 22.6. The Kier molecular flexibility index (Phi) is 6.66. The Labute approximate surface area is 190 Å². The van der Waals surface area contributed by atoms with E-state index in [0.717, 1.165) is 53.6 Å². The molecule has 165 valence electrons. The summed E-state index contributed by atoms with van der Waals surface area (Å²) in [5.74, 6) is 0.943. The third kappa shape index (κ3) is 5.40. The molecule has 2 aromatic carbocycles. The number of rotatable bonds is 6. The molecule has 0 aliphatic heterocycles. The van der Waals surface area contributed by atoms with E-state index in [-0.39, 0.29) is 5.91 Å². The van der Waals surface area contributed by atoms with Gasteiger partial charge in [-0.15, -0.1) is 10.2 Å². The third-order valence-corrected chi connectivity index (χ3v) is 6.08.